The number of urea groups is 2. The maximum atomic E-state index is 13.5. The topological polar surface area (TPSA) is 327 Å². The molecule has 27 nitrogen and oxygen atoms in total. The number of hydrogen-bond donors (Lipinski definition) is 6. The van der Waals surface area contributed by atoms with E-state index in [2.05, 4.69) is 51.2 Å². The summed E-state index contributed by atoms with van der Waals surface area (Å²) in [6.45, 7) is 2.83. The number of carbonyl (C=O) groups is 2. The number of nitrogens with one attached hydrogen (secondary N) is 4. The van der Waals surface area contributed by atoms with Crippen molar-refractivity contribution < 1.29 is 70.3 Å². The summed E-state index contributed by atoms with van der Waals surface area (Å²) in [5, 5.41) is 10.5. The fraction of sp³-hybridized carbons (Fsp3) is 0.364. The molecule has 6 N–H and O–H groups in total. The molecule has 4 saturated heterocycles. The summed E-state index contributed by atoms with van der Waals surface area (Å²) >= 11 is 0. The van der Waals surface area contributed by atoms with Gasteiger partial charge < -0.3 is 48.8 Å². The van der Waals surface area contributed by atoms with E-state index in [1.54, 1.807) is 38.2 Å². The average molecular weight is 1050 g/mol. The quantitative estimate of drug-likeness (QED) is 0.0638. The van der Waals surface area contributed by atoms with Crippen molar-refractivity contribution in [1.29, 1.82) is 0 Å². The molecule has 10 rings (SSSR count). The number of aromatic nitrogens is 8. The molecule has 6 aromatic rings. The van der Waals surface area contributed by atoms with Gasteiger partial charge in [0.25, 0.3) is 0 Å². The molecule has 0 bridgehead atoms. The number of anilines is 2. The molecule has 4 aromatic heterocycles. The Morgan fingerprint density at radius 2 is 1.01 bits per heavy atom. The average Bonchev–Trinajstić information content (AvgIpc) is 4.24. The normalized spacial score (nSPS) is 27.3. The van der Waals surface area contributed by atoms with Crippen LogP contribution in [0.1, 0.15) is 37.4 Å². The molecule has 12 atom stereocenters. The van der Waals surface area contributed by atoms with E-state index in [1.165, 1.54) is 34.4 Å². The molecule has 0 spiro atoms. The van der Waals surface area contributed by atoms with E-state index in [0.29, 0.717) is 13.1 Å². The summed E-state index contributed by atoms with van der Waals surface area (Å²) in [5.74, 6) is 0.246. The summed E-state index contributed by atoms with van der Waals surface area (Å²) in [5.41, 5.74) is 2.69. The first-order valence-electron chi connectivity index (χ1n) is 22.9. The Balaban J connectivity index is 0.830. The Morgan fingerprint density at radius 1 is 0.603 bits per heavy atom. The lowest BCUT2D eigenvalue weighted by atomic mass is 10.1. The van der Waals surface area contributed by atoms with Crippen LogP contribution < -0.4 is 21.3 Å². The van der Waals surface area contributed by atoms with Gasteiger partial charge in [-0.15, -0.1) is 0 Å². The van der Waals surface area contributed by atoms with Gasteiger partial charge in [-0.2, -0.15) is 4.31 Å². The fourth-order valence-corrected chi connectivity index (χ4v) is 10.6. The second-order valence-corrected chi connectivity index (χ2v) is 19.5. The van der Waals surface area contributed by atoms with E-state index in [0.717, 1.165) is 11.1 Å². The van der Waals surface area contributed by atoms with Crippen LogP contribution >= 0.6 is 15.6 Å². The number of phosphoric ester groups is 2. The van der Waals surface area contributed by atoms with Gasteiger partial charge in [0.05, 0.1) is 25.9 Å². The van der Waals surface area contributed by atoms with Gasteiger partial charge in [-0.3, -0.25) is 28.8 Å². The van der Waals surface area contributed by atoms with Gasteiger partial charge >= 0.3 is 27.7 Å². The largest absolute Gasteiger partial charge is 0.481 e. The third kappa shape index (κ3) is 11.2. The van der Waals surface area contributed by atoms with Crippen LogP contribution in [0.3, 0.4) is 0 Å². The summed E-state index contributed by atoms with van der Waals surface area (Å²) in [7, 11) is -10.9. The van der Waals surface area contributed by atoms with Crippen LogP contribution in [0.4, 0.5) is 21.2 Å². The number of rotatable bonds is 18. The maximum Gasteiger partial charge on any atom is 0.481 e. The highest BCUT2D eigenvalue weighted by Crippen LogP contribution is 2.61. The number of fused-ring (bicyclic) bond motifs is 4. The first-order chi connectivity index (χ1) is 35.3. The Labute approximate surface area is 414 Å². The Hall–Kier alpha value is -6.42. The standard InChI is InChI=1S/C44H48N12O15P2/c1-3-45-43(57)53-37-31-39(49-21-47-37)55(23-51-31)41-35-33(67-29(69-35)17-15-25-11-7-5-8-12-25)27(65-41)19-63-72(59,60)71-73(61,62)64-20-28-34-36(70-30(68-34)18-16-26-13-9-6-10-14-26)42(66-28)56-24-52-32-38(48-22-50-40(32)56)54-44(58)46-4-2/h5-18,21-24,27-30,33-36,41-42H,3-4,19-20H2,1-2H3,(H,59,60)(H,61,62)(H2,45,47,49,53,57)(H2,46,48,50,54,58)/t27-,28-,29-,30+,33?,34?,35?,36+,41-,42-/m1/s1. The van der Waals surface area contributed by atoms with Gasteiger partial charge in [-0.25, -0.2) is 48.6 Å². The van der Waals surface area contributed by atoms with Crippen molar-refractivity contribution in [3.8, 4) is 0 Å². The van der Waals surface area contributed by atoms with Crippen LogP contribution in [0, 0.1) is 0 Å². The van der Waals surface area contributed by atoms with Crippen LogP contribution in [0.2, 0.25) is 0 Å². The van der Waals surface area contributed by atoms with Crippen LogP contribution in [-0.2, 0) is 50.9 Å². The van der Waals surface area contributed by atoms with Gasteiger partial charge in [-0.05, 0) is 37.1 Å². The fourth-order valence-electron chi connectivity index (χ4n) is 8.52. The molecule has 4 fully saturated rings. The monoisotopic (exact) mass is 1050 g/mol. The van der Waals surface area contributed by atoms with E-state index in [9.17, 15) is 28.5 Å². The lowest BCUT2D eigenvalue weighted by molar-refractivity contribution is -0.133. The second-order valence-electron chi connectivity index (χ2n) is 16.5. The number of ether oxygens (including phenoxy) is 6. The molecule has 29 heteroatoms. The summed E-state index contributed by atoms with van der Waals surface area (Å²) in [6.07, 6.45) is 2.42. The van der Waals surface area contributed by atoms with E-state index in [1.807, 2.05) is 60.7 Å². The van der Waals surface area contributed by atoms with Gasteiger partial charge in [0.2, 0.25) is 0 Å². The zero-order chi connectivity index (χ0) is 50.7. The highest BCUT2D eigenvalue weighted by molar-refractivity contribution is 7.61. The zero-order valence-corrected chi connectivity index (χ0v) is 40.5. The second kappa shape index (κ2) is 21.6. The minimum Gasteiger partial charge on any atom is -0.347 e. The predicted molar refractivity (Wildman–Crippen MR) is 255 cm³/mol. The molecule has 0 saturated carbocycles. The molecule has 8 heterocycles. The molecular formula is C44H48N12O15P2. The minimum atomic E-state index is -5.43. The summed E-state index contributed by atoms with van der Waals surface area (Å²) in [6, 6.07) is 17.8. The Bertz CT molecular complexity index is 2890. The number of carbonyl (C=O) groups excluding carboxylic acids is 2. The molecule has 0 aliphatic carbocycles. The van der Waals surface area contributed by atoms with E-state index in [4.69, 9.17) is 41.8 Å². The highest BCUT2D eigenvalue weighted by Gasteiger charge is 2.56. The van der Waals surface area contributed by atoms with Crippen molar-refractivity contribution >= 4 is 73.8 Å². The van der Waals surface area contributed by atoms with Gasteiger partial charge in [0, 0.05) is 13.1 Å². The number of nitrogens with zero attached hydrogens (tertiary/aromatic N) is 8. The summed E-state index contributed by atoms with van der Waals surface area (Å²) < 4.78 is 83.1. The predicted octanol–water partition coefficient (Wildman–Crippen LogP) is 4.64. The molecule has 0 radical (unpaired) electrons. The number of amides is 4. The summed E-state index contributed by atoms with van der Waals surface area (Å²) in [4.78, 5) is 72.4. The lowest BCUT2D eigenvalue weighted by Crippen LogP contribution is -2.32. The number of benzene rings is 2. The Morgan fingerprint density at radius 3 is 1.42 bits per heavy atom. The molecule has 73 heavy (non-hydrogen) atoms. The molecule has 4 amide bonds. The highest BCUT2D eigenvalue weighted by atomic mass is 31.3. The smallest absolute Gasteiger partial charge is 0.347 e. The van der Waals surface area contributed by atoms with Crippen LogP contribution in [-0.4, -0.2) is 136 Å². The van der Waals surface area contributed by atoms with Crippen LogP contribution in [0.25, 0.3) is 34.5 Å². The molecule has 4 aliphatic rings. The van der Waals surface area contributed by atoms with E-state index in [-0.39, 0.29) is 34.0 Å². The van der Waals surface area contributed by atoms with Crippen molar-refractivity contribution in [3.05, 3.63) is 109 Å². The van der Waals surface area contributed by atoms with Gasteiger partial charge in [-0.1, -0.05) is 72.8 Å². The molecule has 4 aliphatic heterocycles. The lowest BCUT2D eigenvalue weighted by Gasteiger charge is -2.22. The number of hydrogen-bond acceptors (Lipinski definition) is 19. The van der Waals surface area contributed by atoms with Crippen molar-refractivity contribution in [1.82, 2.24) is 49.7 Å². The molecular weight excluding hydrogens is 999 g/mol. The Kier molecular flexibility index (Phi) is 14.8. The molecule has 5 unspecified atom stereocenters. The molecule has 2 aromatic carbocycles. The third-order valence-electron chi connectivity index (χ3n) is 11.6. The van der Waals surface area contributed by atoms with Gasteiger partial charge in [0.15, 0.2) is 59.0 Å². The van der Waals surface area contributed by atoms with Gasteiger partial charge in [0.1, 0.15) is 49.3 Å². The molecule has 384 valence electrons. The van der Waals surface area contributed by atoms with Crippen LogP contribution in [0.5, 0.6) is 0 Å². The SMILES string of the molecule is CCNC(=O)Nc1ncnc2c1ncn2[C@@H]1O[C@H](COP(=O)(O)OP(=O)(O)OC[C@H]2O[C@@H](n3cnc4c(NC(=O)NCC)ncnc43)[C@H]3O[C@@H](C=Cc4ccccc4)OC23)C2O[C@@H](C=Cc3ccccc3)OC21. The van der Waals surface area contributed by atoms with E-state index >= 15 is 0 Å². The number of phosphoric acid groups is 2. The third-order valence-corrected chi connectivity index (χ3v) is 14.2. The first kappa shape index (κ1) is 50.1. The van der Waals surface area contributed by atoms with Crippen molar-refractivity contribution in [2.75, 3.05) is 36.9 Å². The zero-order valence-electron chi connectivity index (χ0n) is 38.7. The van der Waals surface area contributed by atoms with Crippen molar-refractivity contribution in [3.63, 3.8) is 0 Å². The van der Waals surface area contributed by atoms with E-state index < -0.39 is 103 Å². The van der Waals surface area contributed by atoms with Crippen molar-refractivity contribution in [2.45, 2.75) is 75.5 Å². The minimum absolute atomic E-state index is 0.123. The first-order valence-corrected chi connectivity index (χ1v) is 25.8. The van der Waals surface area contributed by atoms with Crippen LogP contribution in [0.15, 0.2) is 98.1 Å². The van der Waals surface area contributed by atoms with Crippen molar-refractivity contribution in [2.24, 2.45) is 0 Å². The number of imidazole rings is 2. The maximum absolute atomic E-state index is 13.5.